The number of anilines is 1. The quantitative estimate of drug-likeness (QED) is 0.909. The first-order valence-electron chi connectivity index (χ1n) is 7.54. The predicted octanol–water partition coefficient (Wildman–Crippen LogP) is 4.07. The highest BCUT2D eigenvalue weighted by Crippen LogP contribution is 2.40. The molecule has 0 bridgehead atoms. The summed E-state index contributed by atoms with van der Waals surface area (Å²) in [6, 6.07) is 7.37. The van der Waals surface area contributed by atoms with Crippen LogP contribution >= 0.6 is 15.9 Å². The molecule has 2 fully saturated rings. The fourth-order valence-corrected chi connectivity index (χ4v) is 4.49. The maximum absolute atomic E-state index is 5.71. The highest BCUT2D eigenvalue weighted by molar-refractivity contribution is 9.10. The lowest BCUT2D eigenvalue weighted by molar-refractivity contribution is 0.430. The van der Waals surface area contributed by atoms with E-state index in [0.717, 1.165) is 12.0 Å². The Hall–Kier alpha value is -0.540. The van der Waals surface area contributed by atoms with Crippen LogP contribution in [0.4, 0.5) is 5.69 Å². The van der Waals surface area contributed by atoms with E-state index in [1.54, 1.807) is 0 Å². The van der Waals surface area contributed by atoms with Gasteiger partial charge in [0, 0.05) is 23.6 Å². The number of rotatable bonds is 3. The molecule has 0 spiro atoms. The summed E-state index contributed by atoms with van der Waals surface area (Å²) < 4.78 is 1.21. The van der Waals surface area contributed by atoms with Crippen molar-refractivity contribution in [2.45, 2.75) is 51.1 Å². The molecule has 1 aliphatic carbocycles. The Morgan fingerprint density at radius 1 is 1.16 bits per heavy atom. The van der Waals surface area contributed by atoms with E-state index in [4.69, 9.17) is 5.73 Å². The Morgan fingerprint density at radius 2 is 1.95 bits per heavy atom. The van der Waals surface area contributed by atoms with E-state index in [9.17, 15) is 0 Å². The first-order valence-corrected chi connectivity index (χ1v) is 8.34. The molecular formula is C16H23BrN2. The maximum atomic E-state index is 5.71. The molecule has 104 valence electrons. The molecule has 1 aromatic rings. The van der Waals surface area contributed by atoms with Gasteiger partial charge in [-0.2, -0.15) is 0 Å². The normalized spacial score (nSPS) is 24.3. The zero-order valence-corrected chi connectivity index (χ0v) is 13.0. The summed E-state index contributed by atoms with van der Waals surface area (Å²) in [5.41, 5.74) is 8.28. The van der Waals surface area contributed by atoms with Crippen LogP contribution in [0.1, 0.15) is 44.1 Å². The van der Waals surface area contributed by atoms with Gasteiger partial charge in [-0.1, -0.05) is 18.9 Å². The number of nitrogens with zero attached hydrogens (tertiary/aromatic N) is 1. The van der Waals surface area contributed by atoms with Crippen LogP contribution in [0.2, 0.25) is 0 Å². The van der Waals surface area contributed by atoms with Gasteiger partial charge in [0.25, 0.3) is 0 Å². The van der Waals surface area contributed by atoms with Crippen molar-refractivity contribution in [2.75, 3.05) is 11.4 Å². The third-order valence-electron chi connectivity index (χ3n) is 4.80. The molecule has 2 aliphatic rings. The average molecular weight is 323 g/mol. The lowest BCUT2D eigenvalue weighted by Gasteiger charge is -2.32. The summed E-state index contributed by atoms with van der Waals surface area (Å²) in [5.74, 6) is 0.920. The van der Waals surface area contributed by atoms with Gasteiger partial charge >= 0.3 is 0 Å². The number of hydrogen-bond donors (Lipinski definition) is 1. The van der Waals surface area contributed by atoms with Crippen molar-refractivity contribution in [3.05, 3.63) is 28.2 Å². The van der Waals surface area contributed by atoms with Crippen molar-refractivity contribution in [3.8, 4) is 0 Å². The Morgan fingerprint density at radius 3 is 2.63 bits per heavy atom. The largest absolute Gasteiger partial charge is 0.367 e. The van der Waals surface area contributed by atoms with Crippen molar-refractivity contribution in [1.29, 1.82) is 0 Å². The molecule has 1 atom stereocenters. The van der Waals surface area contributed by atoms with E-state index in [-0.39, 0.29) is 0 Å². The van der Waals surface area contributed by atoms with Gasteiger partial charge in [0.05, 0.1) is 5.69 Å². The lowest BCUT2D eigenvalue weighted by Crippen LogP contribution is -2.34. The SMILES string of the molecule is NCc1ccc(N2CCCC2C2CCCC2)c(Br)c1. The molecule has 3 heteroatoms. The highest BCUT2D eigenvalue weighted by atomic mass is 79.9. The first-order chi connectivity index (χ1) is 9.29. The Kier molecular flexibility index (Phi) is 4.13. The average Bonchev–Trinajstić information content (AvgIpc) is 3.08. The summed E-state index contributed by atoms with van der Waals surface area (Å²) in [5, 5.41) is 0. The third kappa shape index (κ3) is 2.68. The molecule has 0 amide bonds. The minimum atomic E-state index is 0.616. The van der Waals surface area contributed by atoms with Gasteiger partial charge < -0.3 is 10.6 Å². The molecule has 1 unspecified atom stereocenters. The fraction of sp³-hybridized carbons (Fsp3) is 0.625. The van der Waals surface area contributed by atoms with Crippen LogP contribution in [0.15, 0.2) is 22.7 Å². The molecule has 19 heavy (non-hydrogen) atoms. The van der Waals surface area contributed by atoms with E-state index in [2.05, 4.69) is 39.0 Å². The predicted molar refractivity (Wildman–Crippen MR) is 84.4 cm³/mol. The molecular weight excluding hydrogens is 300 g/mol. The first kappa shape index (κ1) is 13.4. The minimum Gasteiger partial charge on any atom is -0.367 e. The second-order valence-electron chi connectivity index (χ2n) is 5.94. The zero-order chi connectivity index (χ0) is 13.2. The Balaban J connectivity index is 1.83. The number of halogens is 1. The molecule has 1 saturated carbocycles. The number of nitrogens with two attached hydrogens (primary N) is 1. The van der Waals surface area contributed by atoms with Crippen molar-refractivity contribution in [3.63, 3.8) is 0 Å². The zero-order valence-electron chi connectivity index (χ0n) is 11.4. The van der Waals surface area contributed by atoms with Crippen molar-refractivity contribution in [1.82, 2.24) is 0 Å². The second kappa shape index (κ2) is 5.84. The summed E-state index contributed by atoms with van der Waals surface area (Å²) in [7, 11) is 0. The Labute approximate surface area is 124 Å². The number of benzene rings is 1. The van der Waals surface area contributed by atoms with Gasteiger partial charge in [0.15, 0.2) is 0 Å². The van der Waals surface area contributed by atoms with Crippen LogP contribution in [0.25, 0.3) is 0 Å². The molecule has 1 heterocycles. The molecule has 1 aromatic carbocycles. The topological polar surface area (TPSA) is 29.3 Å². The third-order valence-corrected chi connectivity index (χ3v) is 5.44. The summed E-state index contributed by atoms with van der Waals surface area (Å²) in [4.78, 5) is 2.64. The Bertz CT molecular complexity index is 440. The van der Waals surface area contributed by atoms with E-state index in [1.807, 2.05) is 0 Å². The monoisotopic (exact) mass is 322 g/mol. The highest BCUT2D eigenvalue weighted by Gasteiger charge is 2.33. The van der Waals surface area contributed by atoms with Crippen LogP contribution in [0, 0.1) is 5.92 Å². The molecule has 3 rings (SSSR count). The molecule has 1 aliphatic heterocycles. The van der Waals surface area contributed by atoms with Crippen molar-refractivity contribution >= 4 is 21.6 Å². The van der Waals surface area contributed by atoms with Crippen LogP contribution in [0.3, 0.4) is 0 Å². The second-order valence-corrected chi connectivity index (χ2v) is 6.79. The molecule has 2 N–H and O–H groups in total. The molecule has 1 saturated heterocycles. The van der Waals surface area contributed by atoms with E-state index in [0.29, 0.717) is 6.54 Å². The summed E-state index contributed by atoms with van der Waals surface area (Å²) in [6.45, 7) is 1.83. The van der Waals surface area contributed by atoms with Crippen LogP contribution in [-0.4, -0.2) is 12.6 Å². The van der Waals surface area contributed by atoms with Gasteiger partial charge in [-0.05, 0) is 65.2 Å². The lowest BCUT2D eigenvalue weighted by atomic mass is 9.95. The van der Waals surface area contributed by atoms with Crippen LogP contribution in [-0.2, 0) is 6.54 Å². The van der Waals surface area contributed by atoms with Gasteiger partial charge in [0.2, 0.25) is 0 Å². The summed E-state index contributed by atoms with van der Waals surface area (Å²) >= 11 is 3.74. The van der Waals surface area contributed by atoms with E-state index in [1.165, 1.54) is 60.8 Å². The van der Waals surface area contributed by atoms with Gasteiger partial charge in [-0.3, -0.25) is 0 Å². The van der Waals surface area contributed by atoms with Crippen LogP contribution < -0.4 is 10.6 Å². The van der Waals surface area contributed by atoms with Crippen molar-refractivity contribution < 1.29 is 0 Å². The minimum absolute atomic E-state index is 0.616. The van der Waals surface area contributed by atoms with E-state index < -0.39 is 0 Å². The smallest absolute Gasteiger partial charge is 0.0513 e. The molecule has 0 radical (unpaired) electrons. The fourth-order valence-electron chi connectivity index (χ4n) is 3.83. The molecule has 0 aromatic heterocycles. The van der Waals surface area contributed by atoms with Gasteiger partial charge in [-0.25, -0.2) is 0 Å². The van der Waals surface area contributed by atoms with Crippen molar-refractivity contribution in [2.24, 2.45) is 11.7 Å². The standard InChI is InChI=1S/C16H23BrN2/c17-14-10-12(11-18)7-8-16(14)19-9-3-6-15(19)13-4-1-2-5-13/h7-8,10,13,15H,1-6,9,11,18H2. The maximum Gasteiger partial charge on any atom is 0.0513 e. The summed E-state index contributed by atoms with van der Waals surface area (Å²) in [6.07, 6.45) is 8.44. The van der Waals surface area contributed by atoms with Gasteiger partial charge in [0.1, 0.15) is 0 Å². The van der Waals surface area contributed by atoms with Crippen LogP contribution in [0.5, 0.6) is 0 Å². The number of hydrogen-bond acceptors (Lipinski definition) is 2. The molecule has 2 nitrogen and oxygen atoms in total. The van der Waals surface area contributed by atoms with Gasteiger partial charge in [-0.15, -0.1) is 0 Å². The van der Waals surface area contributed by atoms with E-state index >= 15 is 0 Å².